The van der Waals surface area contributed by atoms with Crippen molar-refractivity contribution in [3.63, 3.8) is 0 Å². The maximum atomic E-state index is 11.4. The number of nitrogens with one attached hydrogen (secondary N) is 2. The molecule has 0 saturated carbocycles. The number of carbonyl (C=O) groups excluding carboxylic acids is 1. The molecule has 0 spiro atoms. The summed E-state index contributed by atoms with van der Waals surface area (Å²) in [5.41, 5.74) is 0. The molecular formula is C19H34IN5OS. The first kappa shape index (κ1) is 24.2. The molecule has 0 bridgehead atoms. The molecule has 1 unspecified atom stereocenters. The van der Waals surface area contributed by atoms with Crippen LogP contribution in [0.15, 0.2) is 22.5 Å². The van der Waals surface area contributed by atoms with Crippen molar-refractivity contribution in [3.05, 3.63) is 22.4 Å². The van der Waals surface area contributed by atoms with E-state index in [1.165, 1.54) is 4.88 Å². The predicted molar refractivity (Wildman–Crippen MR) is 125 cm³/mol. The van der Waals surface area contributed by atoms with Gasteiger partial charge in [-0.15, -0.1) is 35.3 Å². The van der Waals surface area contributed by atoms with Crippen LogP contribution in [0.3, 0.4) is 0 Å². The van der Waals surface area contributed by atoms with Gasteiger partial charge in [0.05, 0.1) is 0 Å². The Morgan fingerprint density at radius 2 is 2.04 bits per heavy atom. The van der Waals surface area contributed by atoms with Crippen LogP contribution in [0.25, 0.3) is 0 Å². The fourth-order valence-electron chi connectivity index (χ4n) is 3.04. The molecule has 1 aromatic rings. The number of nitrogens with zero attached hydrogens (tertiary/aromatic N) is 3. The van der Waals surface area contributed by atoms with Crippen LogP contribution >= 0.6 is 35.3 Å². The molecule has 6 nitrogen and oxygen atoms in total. The van der Waals surface area contributed by atoms with Crippen LogP contribution in [0, 0.1) is 5.92 Å². The molecule has 8 heteroatoms. The van der Waals surface area contributed by atoms with E-state index < -0.39 is 0 Å². The van der Waals surface area contributed by atoms with Crippen LogP contribution < -0.4 is 10.6 Å². The highest BCUT2D eigenvalue weighted by Gasteiger charge is 2.17. The Hall–Kier alpha value is -0.870. The minimum atomic E-state index is 0. The van der Waals surface area contributed by atoms with Crippen LogP contribution in [0.1, 0.15) is 25.6 Å². The van der Waals surface area contributed by atoms with E-state index >= 15 is 0 Å². The van der Waals surface area contributed by atoms with E-state index in [2.05, 4.69) is 46.9 Å². The van der Waals surface area contributed by atoms with Crippen molar-refractivity contribution < 1.29 is 4.79 Å². The number of amides is 1. The second-order valence-electron chi connectivity index (χ2n) is 6.88. The smallest absolute Gasteiger partial charge is 0.219 e. The van der Waals surface area contributed by atoms with Gasteiger partial charge < -0.3 is 15.5 Å². The highest BCUT2D eigenvalue weighted by Crippen LogP contribution is 2.14. The van der Waals surface area contributed by atoms with Gasteiger partial charge in [0.2, 0.25) is 5.91 Å². The lowest BCUT2D eigenvalue weighted by Crippen LogP contribution is -2.50. The minimum Gasteiger partial charge on any atom is -0.357 e. The quantitative estimate of drug-likeness (QED) is 0.322. The lowest BCUT2D eigenvalue weighted by atomic mass is 10.1. The Labute approximate surface area is 184 Å². The van der Waals surface area contributed by atoms with E-state index in [1.54, 1.807) is 6.92 Å². The van der Waals surface area contributed by atoms with Crippen molar-refractivity contribution in [1.82, 2.24) is 20.4 Å². The molecule has 1 fully saturated rings. The fraction of sp³-hybridized carbons (Fsp3) is 0.684. The molecule has 2 N–H and O–H groups in total. The summed E-state index contributed by atoms with van der Waals surface area (Å²) < 4.78 is 0. The molecule has 2 heterocycles. The number of halogens is 1. The molecule has 154 valence electrons. The first-order chi connectivity index (χ1) is 12.6. The van der Waals surface area contributed by atoms with Gasteiger partial charge in [-0.1, -0.05) is 13.0 Å². The first-order valence-electron chi connectivity index (χ1n) is 9.61. The highest BCUT2D eigenvalue weighted by atomic mass is 127. The Balaban J connectivity index is 0.00000364. The number of guanidine groups is 1. The lowest BCUT2D eigenvalue weighted by molar-refractivity contribution is -0.130. The Morgan fingerprint density at radius 1 is 1.30 bits per heavy atom. The minimum absolute atomic E-state index is 0. The second kappa shape index (κ2) is 13.3. The van der Waals surface area contributed by atoms with Gasteiger partial charge in [-0.05, 0) is 30.7 Å². The largest absolute Gasteiger partial charge is 0.357 e. The third-order valence-electron chi connectivity index (χ3n) is 4.57. The summed E-state index contributed by atoms with van der Waals surface area (Å²) in [6.07, 6.45) is 1.08. The Morgan fingerprint density at radius 3 is 2.63 bits per heavy atom. The summed E-state index contributed by atoms with van der Waals surface area (Å²) in [6.45, 7) is 13.1. The summed E-state index contributed by atoms with van der Waals surface area (Å²) >= 11 is 1.82. The number of aliphatic imine (C=N–C) groups is 1. The van der Waals surface area contributed by atoms with Crippen molar-refractivity contribution in [2.75, 3.05) is 52.4 Å². The second-order valence-corrected chi connectivity index (χ2v) is 7.92. The molecular weight excluding hydrogens is 473 g/mol. The van der Waals surface area contributed by atoms with E-state index in [9.17, 15) is 4.79 Å². The van der Waals surface area contributed by atoms with Crippen LogP contribution in [-0.2, 0) is 11.2 Å². The summed E-state index contributed by atoms with van der Waals surface area (Å²) in [4.78, 5) is 21.9. The van der Waals surface area contributed by atoms with Crippen molar-refractivity contribution in [1.29, 1.82) is 0 Å². The van der Waals surface area contributed by atoms with Crippen molar-refractivity contribution in [2.24, 2.45) is 10.9 Å². The van der Waals surface area contributed by atoms with Gasteiger partial charge >= 0.3 is 0 Å². The topological polar surface area (TPSA) is 60.0 Å². The molecule has 1 saturated heterocycles. The number of carbonyl (C=O) groups is 1. The molecule has 1 aliphatic rings. The van der Waals surface area contributed by atoms with E-state index in [0.29, 0.717) is 5.92 Å². The molecule has 1 amide bonds. The van der Waals surface area contributed by atoms with Crippen molar-refractivity contribution >= 4 is 47.2 Å². The molecule has 0 radical (unpaired) electrons. The Bertz CT molecular complexity index is 558. The number of hydrogen-bond donors (Lipinski definition) is 2. The van der Waals surface area contributed by atoms with Gasteiger partial charge in [-0.3, -0.25) is 14.7 Å². The van der Waals surface area contributed by atoms with E-state index in [-0.39, 0.29) is 29.9 Å². The summed E-state index contributed by atoms with van der Waals surface area (Å²) in [6, 6.07) is 4.30. The van der Waals surface area contributed by atoms with Crippen LogP contribution in [0.5, 0.6) is 0 Å². The van der Waals surface area contributed by atoms with E-state index in [0.717, 1.165) is 64.7 Å². The lowest BCUT2D eigenvalue weighted by Gasteiger charge is -2.34. The maximum Gasteiger partial charge on any atom is 0.219 e. The zero-order chi connectivity index (χ0) is 18.8. The summed E-state index contributed by atoms with van der Waals surface area (Å²) in [5.74, 6) is 1.61. The zero-order valence-electron chi connectivity index (χ0n) is 16.7. The van der Waals surface area contributed by atoms with Crippen LogP contribution in [0.4, 0.5) is 0 Å². The zero-order valence-corrected chi connectivity index (χ0v) is 19.9. The van der Waals surface area contributed by atoms with E-state index in [1.807, 2.05) is 16.2 Å². The molecule has 0 aliphatic carbocycles. The van der Waals surface area contributed by atoms with Gasteiger partial charge in [0.1, 0.15) is 0 Å². The van der Waals surface area contributed by atoms with E-state index in [4.69, 9.17) is 4.99 Å². The van der Waals surface area contributed by atoms with Gasteiger partial charge in [-0.25, -0.2) is 0 Å². The van der Waals surface area contributed by atoms with Gasteiger partial charge in [0, 0.05) is 64.2 Å². The molecule has 2 rings (SSSR count). The average Bonchev–Trinajstić information content (AvgIpc) is 3.13. The summed E-state index contributed by atoms with van der Waals surface area (Å²) in [5, 5.41) is 8.89. The predicted octanol–water partition coefficient (Wildman–Crippen LogP) is 2.26. The third-order valence-corrected chi connectivity index (χ3v) is 5.47. The van der Waals surface area contributed by atoms with Crippen molar-refractivity contribution in [3.8, 4) is 0 Å². The fourth-order valence-corrected chi connectivity index (χ4v) is 3.91. The molecule has 1 aromatic heterocycles. The maximum absolute atomic E-state index is 11.4. The van der Waals surface area contributed by atoms with Gasteiger partial charge in [0.25, 0.3) is 0 Å². The van der Waals surface area contributed by atoms with Crippen molar-refractivity contribution in [2.45, 2.75) is 27.2 Å². The Kier molecular flexibility index (Phi) is 11.9. The third kappa shape index (κ3) is 9.25. The molecule has 27 heavy (non-hydrogen) atoms. The van der Waals surface area contributed by atoms with Gasteiger partial charge in [0.15, 0.2) is 5.96 Å². The standard InChI is InChI=1S/C19H33N5OS.HI/c1-4-20-19(22-15-16(2)14-18-6-5-13-26-18)21-7-8-23-9-11-24(12-10-23)17(3)25;/h5-6,13,16H,4,7-12,14-15H2,1-3H3,(H2,20,21,22);1H. The van der Waals surface area contributed by atoms with Crippen LogP contribution in [-0.4, -0.2) is 74.0 Å². The SMILES string of the molecule is CCNC(=NCC(C)Cc1cccs1)NCCN1CCN(C(C)=O)CC1.I. The van der Waals surface area contributed by atoms with Gasteiger partial charge in [-0.2, -0.15) is 0 Å². The monoisotopic (exact) mass is 507 g/mol. The number of thiophene rings is 1. The molecule has 0 aromatic carbocycles. The van der Waals surface area contributed by atoms with Crippen LogP contribution in [0.2, 0.25) is 0 Å². The number of rotatable bonds is 8. The number of hydrogen-bond acceptors (Lipinski definition) is 4. The normalized spacial score (nSPS) is 16.6. The first-order valence-corrected chi connectivity index (χ1v) is 10.5. The highest BCUT2D eigenvalue weighted by molar-refractivity contribution is 14.0. The molecule has 1 atom stereocenters. The summed E-state index contributed by atoms with van der Waals surface area (Å²) in [7, 11) is 0. The average molecular weight is 507 g/mol. The molecule has 1 aliphatic heterocycles. The number of piperazine rings is 1.